The van der Waals surface area contributed by atoms with Crippen molar-refractivity contribution in [1.82, 2.24) is 4.98 Å². The van der Waals surface area contributed by atoms with Crippen molar-refractivity contribution in [3.8, 4) is 0 Å². The number of carboxylic acid groups (broad SMARTS) is 1. The predicted octanol–water partition coefficient (Wildman–Crippen LogP) is 1.80. The number of nitrogens with zero attached hydrogens (tertiary/aromatic N) is 2. The van der Waals surface area contributed by atoms with Crippen LogP contribution in [-0.2, 0) is 0 Å². The summed E-state index contributed by atoms with van der Waals surface area (Å²) in [6.07, 6.45) is 0. The van der Waals surface area contributed by atoms with Gasteiger partial charge in [0.25, 0.3) is 0 Å². The van der Waals surface area contributed by atoms with E-state index in [1.54, 1.807) is 0 Å². The molecule has 0 atom stereocenters. The highest BCUT2D eigenvalue weighted by Gasteiger charge is 2.17. The highest BCUT2D eigenvalue weighted by Crippen LogP contribution is 2.26. The van der Waals surface area contributed by atoms with Crippen LogP contribution in [0.15, 0.2) is 17.2 Å². The second-order valence-electron chi connectivity index (χ2n) is 2.52. The van der Waals surface area contributed by atoms with E-state index in [2.05, 4.69) is 4.98 Å². The van der Waals surface area contributed by atoms with Gasteiger partial charge in [-0.15, -0.1) is 0 Å². The molecule has 7 heteroatoms. The lowest BCUT2D eigenvalue weighted by atomic mass is 10.3. The van der Waals surface area contributed by atoms with Gasteiger partial charge in [-0.1, -0.05) is 18.7 Å². The molecule has 1 rings (SSSR count). The fourth-order valence-electron chi connectivity index (χ4n) is 0.934. The maximum absolute atomic E-state index is 10.6. The summed E-state index contributed by atoms with van der Waals surface area (Å²) in [7, 11) is 0. The number of hydrogen-bond acceptors (Lipinski definition) is 5. The first kappa shape index (κ1) is 11.4. The van der Waals surface area contributed by atoms with E-state index in [1.165, 1.54) is 0 Å². The Hall–Kier alpha value is -1.63. The van der Waals surface area contributed by atoms with Crippen molar-refractivity contribution >= 4 is 23.4 Å². The first-order chi connectivity index (χ1) is 7.06. The van der Waals surface area contributed by atoms with Gasteiger partial charge in [-0.2, -0.15) is 0 Å². The Morgan fingerprint density at radius 2 is 2.33 bits per heavy atom. The first-order valence-corrected chi connectivity index (χ1v) is 5.06. The maximum atomic E-state index is 10.6. The van der Waals surface area contributed by atoms with E-state index >= 15 is 0 Å². The second-order valence-corrected chi connectivity index (χ2v) is 3.77. The minimum absolute atomic E-state index is 0.141. The molecule has 0 fully saturated rings. The third-order valence-corrected chi connectivity index (χ3v) is 2.40. The van der Waals surface area contributed by atoms with Gasteiger partial charge in [-0.05, 0) is 11.8 Å². The minimum atomic E-state index is -1.19. The summed E-state index contributed by atoms with van der Waals surface area (Å²) < 4.78 is 0. The molecule has 15 heavy (non-hydrogen) atoms. The molecule has 0 amide bonds. The van der Waals surface area contributed by atoms with Crippen LogP contribution in [-0.4, -0.2) is 26.7 Å². The summed E-state index contributed by atoms with van der Waals surface area (Å²) in [4.78, 5) is 24.3. The third kappa shape index (κ3) is 2.66. The van der Waals surface area contributed by atoms with Crippen LogP contribution in [0.1, 0.15) is 17.4 Å². The molecule has 0 spiro atoms. The first-order valence-electron chi connectivity index (χ1n) is 4.07. The Bertz CT molecular complexity index is 408. The van der Waals surface area contributed by atoms with Gasteiger partial charge in [0.2, 0.25) is 0 Å². The van der Waals surface area contributed by atoms with E-state index in [-0.39, 0.29) is 16.4 Å². The van der Waals surface area contributed by atoms with Crippen molar-refractivity contribution in [2.24, 2.45) is 0 Å². The molecule has 1 aromatic rings. The van der Waals surface area contributed by atoms with Crippen molar-refractivity contribution in [3.05, 3.63) is 27.9 Å². The number of carbonyl (C=O) groups is 1. The van der Waals surface area contributed by atoms with Crippen molar-refractivity contribution in [2.75, 3.05) is 5.75 Å². The van der Waals surface area contributed by atoms with Crippen molar-refractivity contribution < 1.29 is 14.8 Å². The second kappa shape index (κ2) is 4.74. The Morgan fingerprint density at radius 3 is 2.80 bits per heavy atom. The van der Waals surface area contributed by atoms with Crippen LogP contribution in [0.3, 0.4) is 0 Å². The van der Waals surface area contributed by atoms with E-state index in [0.717, 1.165) is 23.9 Å². The number of pyridine rings is 1. The van der Waals surface area contributed by atoms with Gasteiger partial charge in [0.05, 0.1) is 4.92 Å². The lowest BCUT2D eigenvalue weighted by molar-refractivity contribution is -0.388. The summed E-state index contributed by atoms with van der Waals surface area (Å²) in [5, 5.41) is 19.4. The summed E-state index contributed by atoms with van der Waals surface area (Å²) in [5.74, 6) is -0.598. The number of aromatic nitrogens is 1. The van der Waals surface area contributed by atoms with Crippen molar-refractivity contribution in [3.63, 3.8) is 0 Å². The van der Waals surface area contributed by atoms with Crippen LogP contribution in [0.2, 0.25) is 0 Å². The Kier molecular flexibility index (Phi) is 3.62. The molecule has 0 saturated heterocycles. The summed E-state index contributed by atoms with van der Waals surface area (Å²) >= 11 is 1.15. The zero-order valence-electron chi connectivity index (χ0n) is 7.84. The van der Waals surface area contributed by atoms with Crippen LogP contribution in [0.25, 0.3) is 0 Å². The molecule has 0 saturated carbocycles. The van der Waals surface area contributed by atoms with Crippen LogP contribution in [0.4, 0.5) is 5.69 Å². The molecule has 1 aromatic heterocycles. The molecule has 1 heterocycles. The Balaban J connectivity index is 3.20. The molecular formula is C8H8N2O4S. The van der Waals surface area contributed by atoms with Gasteiger partial charge >= 0.3 is 11.7 Å². The molecule has 0 radical (unpaired) electrons. The number of carboxylic acids is 1. The summed E-state index contributed by atoms with van der Waals surface area (Å²) in [6, 6.07) is 2.29. The number of thioether (sulfide) groups is 1. The molecule has 6 nitrogen and oxygen atoms in total. The lowest BCUT2D eigenvalue weighted by Crippen LogP contribution is -2.03. The zero-order valence-corrected chi connectivity index (χ0v) is 8.65. The molecular weight excluding hydrogens is 220 g/mol. The van der Waals surface area contributed by atoms with Gasteiger partial charge in [0, 0.05) is 6.07 Å². The molecule has 0 aliphatic rings. The zero-order chi connectivity index (χ0) is 11.4. The minimum Gasteiger partial charge on any atom is -0.477 e. The quantitative estimate of drug-likeness (QED) is 0.479. The lowest BCUT2D eigenvalue weighted by Gasteiger charge is -2.00. The van der Waals surface area contributed by atoms with E-state index in [0.29, 0.717) is 5.75 Å². The van der Waals surface area contributed by atoms with Crippen LogP contribution >= 0.6 is 11.8 Å². The average molecular weight is 228 g/mol. The fourth-order valence-corrected chi connectivity index (χ4v) is 1.66. The molecule has 80 valence electrons. The standard InChI is InChI=1S/C8H8N2O4S/c1-2-15-7-6(10(13)14)4-3-5(9-7)8(11)12/h3-4H,2H2,1H3,(H,11,12). The maximum Gasteiger partial charge on any atom is 0.354 e. The van der Waals surface area contributed by atoms with Gasteiger partial charge in [-0.25, -0.2) is 9.78 Å². The fraction of sp³-hybridized carbons (Fsp3) is 0.250. The molecule has 0 aromatic carbocycles. The highest BCUT2D eigenvalue weighted by molar-refractivity contribution is 7.99. The van der Waals surface area contributed by atoms with Crippen molar-refractivity contribution in [2.45, 2.75) is 11.9 Å². The average Bonchev–Trinajstić information content (AvgIpc) is 2.17. The van der Waals surface area contributed by atoms with Gasteiger partial charge < -0.3 is 5.11 Å². The molecule has 0 bridgehead atoms. The molecule has 1 N–H and O–H groups in total. The topological polar surface area (TPSA) is 93.3 Å². The largest absolute Gasteiger partial charge is 0.477 e. The third-order valence-electron chi connectivity index (χ3n) is 1.54. The van der Waals surface area contributed by atoms with Crippen molar-refractivity contribution in [1.29, 1.82) is 0 Å². The summed E-state index contributed by atoms with van der Waals surface area (Å²) in [5.41, 5.74) is -0.344. The number of hydrogen-bond donors (Lipinski definition) is 1. The van der Waals surface area contributed by atoms with Crippen LogP contribution < -0.4 is 0 Å². The molecule has 0 unspecified atom stereocenters. The van der Waals surface area contributed by atoms with Crippen LogP contribution in [0.5, 0.6) is 0 Å². The number of nitro groups is 1. The monoisotopic (exact) mass is 228 g/mol. The number of rotatable bonds is 4. The molecule has 0 aliphatic carbocycles. The Labute approximate surface area is 89.5 Å². The smallest absolute Gasteiger partial charge is 0.354 e. The van der Waals surface area contributed by atoms with Gasteiger partial charge in [0.15, 0.2) is 5.03 Å². The predicted molar refractivity (Wildman–Crippen MR) is 54.2 cm³/mol. The Morgan fingerprint density at radius 1 is 1.67 bits per heavy atom. The number of aromatic carboxylic acids is 1. The van der Waals surface area contributed by atoms with E-state index in [4.69, 9.17) is 5.11 Å². The SMILES string of the molecule is CCSc1nc(C(=O)O)ccc1[N+](=O)[O-]. The van der Waals surface area contributed by atoms with E-state index < -0.39 is 10.9 Å². The van der Waals surface area contributed by atoms with Gasteiger partial charge in [0.1, 0.15) is 5.69 Å². The van der Waals surface area contributed by atoms with E-state index in [9.17, 15) is 14.9 Å². The van der Waals surface area contributed by atoms with Crippen LogP contribution in [0, 0.1) is 10.1 Å². The van der Waals surface area contributed by atoms with E-state index in [1.807, 2.05) is 6.92 Å². The summed E-state index contributed by atoms with van der Waals surface area (Å²) in [6.45, 7) is 1.81. The normalized spacial score (nSPS) is 9.93. The van der Waals surface area contributed by atoms with Gasteiger partial charge in [-0.3, -0.25) is 10.1 Å². The molecule has 0 aliphatic heterocycles. The highest BCUT2D eigenvalue weighted by atomic mass is 32.2.